The molecule has 0 radical (unpaired) electrons. The summed E-state index contributed by atoms with van der Waals surface area (Å²) < 4.78 is 14.8. The van der Waals surface area contributed by atoms with Crippen LogP contribution in [-0.2, 0) is 33.4 Å². The number of carbonyl (C=O) groups is 4. The standard InChI is InChI=1S/C14H14O8/c1-2-9(15)20-5-10(16)21-11-6-3-7-8(4-6)14(11,13(18)19)22-12(7)17/h2,6-8,11H,1,3-5H2,(H,18,19). The number of rotatable bonds is 5. The molecule has 5 unspecified atom stereocenters. The average Bonchev–Trinajstić information content (AvgIpc) is 3.08. The summed E-state index contributed by atoms with van der Waals surface area (Å²) in [6.07, 6.45) is 0.760. The molecular weight excluding hydrogens is 296 g/mol. The van der Waals surface area contributed by atoms with Crippen molar-refractivity contribution in [2.75, 3.05) is 6.61 Å². The highest BCUT2D eigenvalue weighted by Gasteiger charge is 2.76. The molecule has 3 rings (SSSR count). The third kappa shape index (κ3) is 1.83. The Balaban J connectivity index is 1.75. The van der Waals surface area contributed by atoms with E-state index < -0.39 is 54.0 Å². The van der Waals surface area contributed by atoms with Gasteiger partial charge >= 0.3 is 23.9 Å². The second-order valence-electron chi connectivity index (χ2n) is 5.69. The molecule has 3 fully saturated rings. The van der Waals surface area contributed by atoms with Gasteiger partial charge in [-0.15, -0.1) is 0 Å². The van der Waals surface area contributed by atoms with Crippen LogP contribution in [0.5, 0.6) is 0 Å². The molecule has 2 saturated carbocycles. The van der Waals surface area contributed by atoms with Crippen LogP contribution in [0.25, 0.3) is 0 Å². The van der Waals surface area contributed by atoms with Crippen molar-refractivity contribution in [3.05, 3.63) is 12.7 Å². The minimum atomic E-state index is -1.80. The number of aliphatic carboxylic acids is 1. The van der Waals surface area contributed by atoms with Gasteiger partial charge in [-0.3, -0.25) is 4.79 Å². The lowest BCUT2D eigenvalue weighted by atomic mass is 9.78. The maximum atomic E-state index is 11.8. The molecule has 5 atom stereocenters. The summed E-state index contributed by atoms with van der Waals surface area (Å²) in [6.45, 7) is 2.54. The van der Waals surface area contributed by atoms with Gasteiger partial charge in [-0.05, 0) is 12.8 Å². The first kappa shape index (κ1) is 14.6. The Morgan fingerprint density at radius 3 is 2.77 bits per heavy atom. The molecule has 8 nitrogen and oxygen atoms in total. The topological polar surface area (TPSA) is 116 Å². The highest BCUT2D eigenvalue weighted by molar-refractivity contribution is 5.91. The average molecular weight is 310 g/mol. The van der Waals surface area contributed by atoms with Gasteiger partial charge in [0.15, 0.2) is 12.7 Å². The van der Waals surface area contributed by atoms with Gasteiger partial charge in [0.25, 0.3) is 0 Å². The Morgan fingerprint density at radius 2 is 2.14 bits per heavy atom. The lowest BCUT2D eigenvalue weighted by Crippen LogP contribution is -2.54. The second kappa shape index (κ2) is 4.82. The Hall–Kier alpha value is -2.38. The van der Waals surface area contributed by atoms with Crippen LogP contribution in [-0.4, -0.2) is 47.3 Å². The lowest BCUT2D eigenvalue weighted by molar-refractivity contribution is -0.194. The number of carbonyl (C=O) groups excluding carboxylic acids is 3. The summed E-state index contributed by atoms with van der Waals surface area (Å²) in [5.74, 6) is -4.68. The molecule has 22 heavy (non-hydrogen) atoms. The summed E-state index contributed by atoms with van der Waals surface area (Å²) in [5.41, 5.74) is -1.80. The molecule has 3 aliphatic rings. The van der Waals surface area contributed by atoms with Crippen LogP contribution in [0.3, 0.4) is 0 Å². The van der Waals surface area contributed by atoms with Crippen LogP contribution < -0.4 is 0 Å². The predicted octanol–water partition coefficient (Wildman–Crippen LogP) is -0.336. The Labute approximate surface area is 125 Å². The normalized spacial score (nSPS) is 37.5. The highest BCUT2D eigenvalue weighted by Crippen LogP contribution is 2.61. The molecule has 0 aromatic rings. The third-order valence-corrected chi connectivity index (χ3v) is 4.66. The van der Waals surface area contributed by atoms with E-state index in [1.54, 1.807) is 0 Å². The molecule has 0 aromatic carbocycles. The number of carboxylic acids is 1. The van der Waals surface area contributed by atoms with E-state index in [4.69, 9.17) is 9.47 Å². The van der Waals surface area contributed by atoms with Gasteiger partial charge in [-0.1, -0.05) is 6.58 Å². The van der Waals surface area contributed by atoms with E-state index in [1.807, 2.05) is 0 Å². The minimum Gasteiger partial charge on any atom is -0.478 e. The second-order valence-corrected chi connectivity index (χ2v) is 5.69. The molecular formula is C14H14O8. The zero-order chi connectivity index (χ0) is 16.1. The van der Waals surface area contributed by atoms with Gasteiger partial charge in [0, 0.05) is 17.9 Å². The lowest BCUT2D eigenvalue weighted by Gasteiger charge is -2.33. The van der Waals surface area contributed by atoms with Gasteiger partial charge < -0.3 is 19.3 Å². The first-order chi connectivity index (χ1) is 10.4. The number of ether oxygens (including phenoxy) is 3. The zero-order valence-corrected chi connectivity index (χ0v) is 11.5. The van der Waals surface area contributed by atoms with Crippen LogP contribution in [0.1, 0.15) is 12.8 Å². The Bertz CT molecular complexity index is 581. The van der Waals surface area contributed by atoms with Crippen LogP contribution >= 0.6 is 0 Å². The quantitative estimate of drug-likeness (QED) is 0.416. The SMILES string of the molecule is C=CC(=O)OCC(=O)OC1C2CC3C(=O)OC1(C(=O)O)C3C2. The van der Waals surface area contributed by atoms with Crippen LogP contribution in [0.2, 0.25) is 0 Å². The smallest absolute Gasteiger partial charge is 0.352 e. The van der Waals surface area contributed by atoms with E-state index in [0.717, 1.165) is 6.08 Å². The van der Waals surface area contributed by atoms with Crippen molar-refractivity contribution in [1.82, 2.24) is 0 Å². The van der Waals surface area contributed by atoms with E-state index >= 15 is 0 Å². The largest absolute Gasteiger partial charge is 0.478 e. The summed E-state index contributed by atoms with van der Waals surface area (Å²) in [7, 11) is 0. The van der Waals surface area contributed by atoms with E-state index in [1.165, 1.54) is 0 Å². The number of hydrogen-bond acceptors (Lipinski definition) is 7. The molecule has 2 aliphatic carbocycles. The number of esters is 3. The van der Waals surface area contributed by atoms with Crippen molar-refractivity contribution < 1.29 is 38.5 Å². The molecule has 1 saturated heterocycles. The van der Waals surface area contributed by atoms with Crippen LogP contribution in [0, 0.1) is 17.8 Å². The van der Waals surface area contributed by atoms with Crippen molar-refractivity contribution in [2.45, 2.75) is 24.5 Å². The Morgan fingerprint density at radius 1 is 1.41 bits per heavy atom. The van der Waals surface area contributed by atoms with Crippen molar-refractivity contribution in [1.29, 1.82) is 0 Å². The molecule has 1 heterocycles. The molecule has 0 spiro atoms. The first-order valence-corrected chi connectivity index (χ1v) is 6.85. The van der Waals surface area contributed by atoms with Crippen molar-refractivity contribution in [2.24, 2.45) is 17.8 Å². The highest BCUT2D eigenvalue weighted by atomic mass is 16.6. The summed E-state index contributed by atoms with van der Waals surface area (Å²) in [5, 5.41) is 9.50. The van der Waals surface area contributed by atoms with E-state index in [0.29, 0.717) is 12.8 Å². The summed E-state index contributed by atoms with van der Waals surface area (Å²) in [4.78, 5) is 46.1. The van der Waals surface area contributed by atoms with Crippen molar-refractivity contribution >= 4 is 23.9 Å². The fourth-order valence-electron chi connectivity index (χ4n) is 3.87. The van der Waals surface area contributed by atoms with Gasteiger partial charge in [0.1, 0.15) is 0 Å². The molecule has 8 heteroatoms. The Kier molecular flexibility index (Phi) is 3.19. The van der Waals surface area contributed by atoms with Gasteiger partial charge in [-0.2, -0.15) is 0 Å². The zero-order valence-electron chi connectivity index (χ0n) is 11.5. The minimum absolute atomic E-state index is 0.239. The number of fused-ring (bicyclic) bond motifs is 1. The molecule has 0 amide bonds. The third-order valence-electron chi connectivity index (χ3n) is 4.66. The van der Waals surface area contributed by atoms with Gasteiger partial charge in [0.05, 0.1) is 5.92 Å². The monoisotopic (exact) mass is 310 g/mol. The van der Waals surface area contributed by atoms with E-state index in [-0.39, 0.29) is 5.92 Å². The fourth-order valence-corrected chi connectivity index (χ4v) is 3.87. The number of hydrogen-bond donors (Lipinski definition) is 1. The van der Waals surface area contributed by atoms with Crippen LogP contribution in [0.15, 0.2) is 12.7 Å². The van der Waals surface area contributed by atoms with E-state index in [2.05, 4.69) is 11.3 Å². The van der Waals surface area contributed by atoms with Crippen molar-refractivity contribution in [3.8, 4) is 0 Å². The molecule has 0 aromatic heterocycles. The van der Waals surface area contributed by atoms with Crippen molar-refractivity contribution in [3.63, 3.8) is 0 Å². The summed E-state index contributed by atoms with van der Waals surface area (Å²) in [6, 6.07) is 0. The molecule has 2 bridgehead atoms. The van der Waals surface area contributed by atoms with Gasteiger partial charge in [0.2, 0.25) is 5.60 Å². The maximum Gasteiger partial charge on any atom is 0.352 e. The number of carboxylic acid groups (broad SMARTS) is 1. The van der Waals surface area contributed by atoms with Crippen LogP contribution in [0.4, 0.5) is 0 Å². The molecule has 1 aliphatic heterocycles. The van der Waals surface area contributed by atoms with Gasteiger partial charge in [-0.25, -0.2) is 14.4 Å². The fraction of sp³-hybridized carbons (Fsp3) is 0.571. The molecule has 118 valence electrons. The maximum absolute atomic E-state index is 11.8. The predicted molar refractivity (Wildman–Crippen MR) is 67.2 cm³/mol. The summed E-state index contributed by atoms with van der Waals surface area (Å²) >= 11 is 0. The first-order valence-electron chi connectivity index (χ1n) is 6.85. The van der Waals surface area contributed by atoms with E-state index in [9.17, 15) is 24.3 Å². The molecule has 1 N–H and O–H groups in total.